The van der Waals surface area contributed by atoms with Gasteiger partial charge in [0.05, 0.1) is 10.6 Å². The van der Waals surface area contributed by atoms with Gasteiger partial charge in [0.15, 0.2) is 0 Å². The van der Waals surface area contributed by atoms with E-state index in [4.69, 9.17) is 17.3 Å². The van der Waals surface area contributed by atoms with Crippen LogP contribution in [0.1, 0.15) is 56.3 Å². The molecule has 1 aromatic carbocycles. The van der Waals surface area contributed by atoms with Gasteiger partial charge in [0, 0.05) is 11.7 Å². The number of anilines is 1. The van der Waals surface area contributed by atoms with E-state index in [0.29, 0.717) is 22.0 Å². The van der Waals surface area contributed by atoms with Crippen LogP contribution in [0.2, 0.25) is 5.02 Å². The second kappa shape index (κ2) is 6.04. The number of nitrogens with one attached hydrogen (secondary N) is 1. The Morgan fingerprint density at radius 3 is 2.80 bits per heavy atom. The highest BCUT2D eigenvalue weighted by Crippen LogP contribution is 2.34. The third-order valence-corrected chi connectivity index (χ3v) is 4.51. The first-order valence-corrected chi connectivity index (χ1v) is 7.61. The van der Waals surface area contributed by atoms with Crippen LogP contribution in [0.25, 0.3) is 0 Å². The van der Waals surface area contributed by atoms with Crippen molar-refractivity contribution in [1.82, 2.24) is 0 Å². The SMILES string of the molecule is CC1(C)CCCC(Nc2ccc(Cl)c(C(N)=O)c2)CC1. The summed E-state index contributed by atoms with van der Waals surface area (Å²) in [5.41, 5.74) is 7.07. The van der Waals surface area contributed by atoms with E-state index in [-0.39, 0.29) is 0 Å². The molecule has 0 aromatic heterocycles. The highest BCUT2D eigenvalue weighted by Gasteiger charge is 2.24. The summed E-state index contributed by atoms with van der Waals surface area (Å²) in [6.07, 6.45) is 6.06. The van der Waals surface area contributed by atoms with Crippen LogP contribution in [0.4, 0.5) is 5.69 Å². The molecule has 1 unspecified atom stereocenters. The normalized spacial score (nSPS) is 22.1. The molecule has 110 valence electrons. The Kier molecular flexibility index (Phi) is 4.59. The molecule has 3 nitrogen and oxygen atoms in total. The molecule has 20 heavy (non-hydrogen) atoms. The van der Waals surface area contributed by atoms with Gasteiger partial charge in [-0.3, -0.25) is 4.79 Å². The first-order valence-electron chi connectivity index (χ1n) is 7.23. The second-order valence-electron chi connectivity index (χ2n) is 6.50. The summed E-state index contributed by atoms with van der Waals surface area (Å²) in [7, 11) is 0. The van der Waals surface area contributed by atoms with E-state index in [1.807, 2.05) is 6.07 Å². The van der Waals surface area contributed by atoms with Gasteiger partial charge >= 0.3 is 0 Å². The predicted octanol–water partition coefficient (Wildman–Crippen LogP) is 4.21. The molecule has 0 bridgehead atoms. The molecule has 1 fully saturated rings. The summed E-state index contributed by atoms with van der Waals surface area (Å²) in [5, 5.41) is 3.92. The second-order valence-corrected chi connectivity index (χ2v) is 6.90. The number of hydrogen-bond acceptors (Lipinski definition) is 2. The molecule has 1 aliphatic carbocycles. The standard InChI is InChI=1S/C16H23ClN2O/c1-16(2)8-3-4-11(7-9-16)19-12-5-6-14(17)13(10-12)15(18)20/h5-6,10-11,19H,3-4,7-9H2,1-2H3,(H2,18,20). The van der Waals surface area contributed by atoms with Crippen LogP contribution < -0.4 is 11.1 Å². The smallest absolute Gasteiger partial charge is 0.250 e. The minimum Gasteiger partial charge on any atom is -0.382 e. The van der Waals surface area contributed by atoms with Crippen LogP contribution in [-0.2, 0) is 0 Å². The van der Waals surface area contributed by atoms with Gasteiger partial charge in [-0.2, -0.15) is 0 Å². The quantitative estimate of drug-likeness (QED) is 0.821. The predicted molar refractivity (Wildman–Crippen MR) is 84.2 cm³/mol. The van der Waals surface area contributed by atoms with E-state index in [2.05, 4.69) is 19.2 Å². The van der Waals surface area contributed by atoms with Gasteiger partial charge < -0.3 is 11.1 Å². The van der Waals surface area contributed by atoms with Gasteiger partial charge in [0.25, 0.3) is 0 Å². The first kappa shape index (κ1) is 15.2. The van der Waals surface area contributed by atoms with Crippen LogP contribution in [0.5, 0.6) is 0 Å². The molecule has 0 heterocycles. The molecule has 0 radical (unpaired) electrons. The molecular weight excluding hydrogens is 272 g/mol. The fourth-order valence-electron chi connectivity index (χ4n) is 2.85. The number of hydrogen-bond donors (Lipinski definition) is 2. The topological polar surface area (TPSA) is 55.1 Å². The van der Waals surface area contributed by atoms with E-state index < -0.39 is 5.91 Å². The van der Waals surface area contributed by atoms with Crippen molar-refractivity contribution in [2.45, 2.75) is 52.0 Å². The lowest BCUT2D eigenvalue weighted by atomic mass is 9.85. The fourth-order valence-corrected chi connectivity index (χ4v) is 3.06. The van der Waals surface area contributed by atoms with E-state index in [9.17, 15) is 4.79 Å². The van der Waals surface area contributed by atoms with Crippen LogP contribution in [0.3, 0.4) is 0 Å². The summed E-state index contributed by atoms with van der Waals surface area (Å²) in [6, 6.07) is 5.84. The maximum Gasteiger partial charge on any atom is 0.250 e. The van der Waals surface area contributed by atoms with E-state index in [1.54, 1.807) is 12.1 Å². The van der Waals surface area contributed by atoms with Crippen molar-refractivity contribution < 1.29 is 4.79 Å². The lowest BCUT2D eigenvalue weighted by Crippen LogP contribution is -2.20. The number of benzene rings is 1. The molecule has 0 aliphatic heterocycles. The van der Waals surface area contributed by atoms with Crippen LogP contribution in [0.15, 0.2) is 18.2 Å². The molecule has 1 aliphatic rings. The average Bonchev–Trinajstić information content (AvgIpc) is 2.53. The minimum atomic E-state index is -0.486. The fraction of sp³-hybridized carbons (Fsp3) is 0.562. The largest absolute Gasteiger partial charge is 0.382 e. The van der Waals surface area contributed by atoms with Gasteiger partial charge in [0.2, 0.25) is 5.91 Å². The first-order chi connectivity index (χ1) is 9.37. The molecule has 2 rings (SSSR count). The Bertz CT molecular complexity index is 499. The molecule has 3 N–H and O–H groups in total. The van der Waals surface area contributed by atoms with Crippen molar-refractivity contribution >= 4 is 23.2 Å². The molecule has 1 atom stereocenters. The van der Waals surface area contributed by atoms with Crippen molar-refractivity contribution in [3.63, 3.8) is 0 Å². The minimum absolute atomic E-state index is 0.380. The number of halogens is 1. The molecule has 1 amide bonds. The van der Waals surface area contributed by atoms with E-state index >= 15 is 0 Å². The van der Waals surface area contributed by atoms with Crippen LogP contribution >= 0.6 is 11.6 Å². The summed E-state index contributed by atoms with van der Waals surface area (Å²) in [6.45, 7) is 4.67. The Hall–Kier alpha value is -1.22. The Labute approximate surface area is 125 Å². The molecule has 0 saturated heterocycles. The lowest BCUT2D eigenvalue weighted by molar-refractivity contribution is 0.100. The van der Waals surface area contributed by atoms with Crippen LogP contribution in [-0.4, -0.2) is 11.9 Å². The van der Waals surface area contributed by atoms with Crippen molar-refractivity contribution in [3.05, 3.63) is 28.8 Å². The third-order valence-electron chi connectivity index (χ3n) is 4.18. The summed E-state index contributed by atoms with van der Waals surface area (Å²) < 4.78 is 0. The molecule has 1 saturated carbocycles. The lowest BCUT2D eigenvalue weighted by Gasteiger charge is -2.22. The Balaban J connectivity index is 2.06. The number of carbonyl (C=O) groups is 1. The van der Waals surface area contributed by atoms with Gasteiger partial charge in [-0.05, 0) is 49.3 Å². The molecule has 0 spiro atoms. The van der Waals surface area contributed by atoms with Gasteiger partial charge in [-0.15, -0.1) is 0 Å². The van der Waals surface area contributed by atoms with Crippen molar-refractivity contribution in [1.29, 1.82) is 0 Å². The Morgan fingerprint density at radius 1 is 1.35 bits per heavy atom. The number of carbonyl (C=O) groups excluding carboxylic acids is 1. The van der Waals surface area contributed by atoms with Gasteiger partial charge in [0.1, 0.15) is 0 Å². The molecule has 1 aromatic rings. The average molecular weight is 295 g/mol. The summed E-state index contributed by atoms with van der Waals surface area (Å²) >= 11 is 5.97. The summed E-state index contributed by atoms with van der Waals surface area (Å²) in [5.74, 6) is -0.486. The van der Waals surface area contributed by atoms with Crippen LogP contribution in [0, 0.1) is 5.41 Å². The monoisotopic (exact) mass is 294 g/mol. The maximum absolute atomic E-state index is 11.3. The zero-order chi connectivity index (χ0) is 14.8. The number of rotatable bonds is 3. The highest BCUT2D eigenvalue weighted by atomic mass is 35.5. The summed E-state index contributed by atoms with van der Waals surface area (Å²) in [4.78, 5) is 11.3. The highest BCUT2D eigenvalue weighted by molar-refractivity contribution is 6.33. The maximum atomic E-state index is 11.3. The van der Waals surface area contributed by atoms with Gasteiger partial charge in [-0.1, -0.05) is 31.9 Å². The van der Waals surface area contributed by atoms with Gasteiger partial charge in [-0.25, -0.2) is 0 Å². The number of nitrogens with two attached hydrogens (primary N) is 1. The molecule has 4 heteroatoms. The number of amides is 1. The zero-order valence-electron chi connectivity index (χ0n) is 12.2. The third kappa shape index (κ3) is 3.89. The Morgan fingerprint density at radius 2 is 2.10 bits per heavy atom. The zero-order valence-corrected chi connectivity index (χ0v) is 13.0. The van der Waals surface area contributed by atoms with Crippen molar-refractivity contribution in [2.75, 3.05) is 5.32 Å². The van der Waals surface area contributed by atoms with E-state index in [1.165, 1.54) is 19.3 Å². The molecular formula is C16H23ClN2O. The van der Waals surface area contributed by atoms with Crippen molar-refractivity contribution in [2.24, 2.45) is 11.1 Å². The van der Waals surface area contributed by atoms with E-state index in [0.717, 1.165) is 18.5 Å². The number of primary amides is 1. The van der Waals surface area contributed by atoms with Crippen molar-refractivity contribution in [3.8, 4) is 0 Å².